The second-order valence-corrected chi connectivity index (χ2v) is 5.73. The molecule has 8 nitrogen and oxygen atoms in total. The Bertz CT molecular complexity index is 322. The van der Waals surface area contributed by atoms with Gasteiger partial charge in [0, 0.05) is 24.7 Å². The van der Waals surface area contributed by atoms with Crippen molar-refractivity contribution in [2.24, 2.45) is 22.9 Å². The molecule has 118 valence electrons. The summed E-state index contributed by atoms with van der Waals surface area (Å²) in [5.41, 5.74) is 23.1. The first kappa shape index (κ1) is 16.1. The zero-order valence-electron chi connectivity index (χ0n) is 11.5. The Morgan fingerprint density at radius 2 is 1.70 bits per heavy atom. The Kier molecular flexibility index (Phi) is 5.32. The van der Waals surface area contributed by atoms with Crippen LogP contribution in [0.15, 0.2) is 0 Å². The highest BCUT2D eigenvalue weighted by molar-refractivity contribution is 4.98. The fourth-order valence-corrected chi connectivity index (χ4v) is 2.85. The van der Waals surface area contributed by atoms with Crippen LogP contribution in [0.4, 0.5) is 0 Å². The van der Waals surface area contributed by atoms with E-state index in [4.69, 9.17) is 32.4 Å². The van der Waals surface area contributed by atoms with Gasteiger partial charge in [-0.1, -0.05) is 0 Å². The lowest BCUT2D eigenvalue weighted by molar-refractivity contribution is -0.248. The van der Waals surface area contributed by atoms with Gasteiger partial charge in [-0.05, 0) is 19.3 Å². The second-order valence-electron chi connectivity index (χ2n) is 5.73. The van der Waals surface area contributed by atoms with Crippen molar-refractivity contribution in [1.82, 2.24) is 0 Å². The highest BCUT2D eigenvalue weighted by atomic mass is 16.7. The summed E-state index contributed by atoms with van der Waals surface area (Å²) in [6, 6.07) is -1.10. The Hall–Kier alpha value is -0.320. The van der Waals surface area contributed by atoms with Crippen LogP contribution in [0.25, 0.3) is 0 Å². The lowest BCUT2D eigenvalue weighted by Crippen LogP contribution is -2.63. The van der Waals surface area contributed by atoms with E-state index in [0.717, 1.165) is 6.42 Å². The molecule has 1 heterocycles. The van der Waals surface area contributed by atoms with E-state index in [9.17, 15) is 10.2 Å². The fraction of sp³-hybridized carbons (Fsp3) is 1.00. The standard InChI is InChI=1S/C12H26N4O4/c13-4-8-5(14)1-2-9(19-8)20-12-7(16)3-6(15)10(17)11(12)18/h5-12,17-18H,1-4,13-16H2/t5-,6+,7-,8+,9+,10-,11+,12+/m0/s1. The molecule has 1 saturated heterocycles. The summed E-state index contributed by atoms with van der Waals surface area (Å²) in [5, 5.41) is 19.9. The quantitative estimate of drug-likeness (QED) is 0.319. The third-order valence-electron chi connectivity index (χ3n) is 4.17. The molecule has 0 bridgehead atoms. The van der Waals surface area contributed by atoms with Gasteiger partial charge in [-0.25, -0.2) is 0 Å². The molecule has 0 aromatic heterocycles. The van der Waals surface area contributed by atoms with E-state index in [1.807, 2.05) is 0 Å². The number of aliphatic hydroxyl groups excluding tert-OH is 2. The summed E-state index contributed by atoms with van der Waals surface area (Å²) < 4.78 is 11.4. The van der Waals surface area contributed by atoms with Crippen molar-refractivity contribution in [3.8, 4) is 0 Å². The second kappa shape index (κ2) is 6.63. The van der Waals surface area contributed by atoms with Crippen molar-refractivity contribution in [1.29, 1.82) is 0 Å². The number of aliphatic hydroxyl groups is 2. The van der Waals surface area contributed by atoms with E-state index in [1.54, 1.807) is 0 Å². The molecule has 20 heavy (non-hydrogen) atoms. The molecule has 2 aliphatic rings. The molecule has 1 saturated carbocycles. The zero-order valence-corrected chi connectivity index (χ0v) is 11.5. The highest BCUT2D eigenvalue weighted by Crippen LogP contribution is 2.26. The lowest BCUT2D eigenvalue weighted by atomic mass is 9.84. The van der Waals surface area contributed by atoms with Gasteiger partial charge in [0.2, 0.25) is 0 Å². The van der Waals surface area contributed by atoms with Crippen LogP contribution in [-0.2, 0) is 9.47 Å². The average Bonchev–Trinajstić information content (AvgIpc) is 2.43. The largest absolute Gasteiger partial charge is 0.389 e. The molecular formula is C12H26N4O4. The molecule has 0 unspecified atom stereocenters. The summed E-state index contributed by atoms with van der Waals surface area (Å²) in [6.45, 7) is 0.313. The molecular weight excluding hydrogens is 264 g/mol. The van der Waals surface area contributed by atoms with Gasteiger partial charge in [0.15, 0.2) is 6.29 Å². The van der Waals surface area contributed by atoms with Gasteiger partial charge >= 0.3 is 0 Å². The third-order valence-corrected chi connectivity index (χ3v) is 4.17. The molecule has 1 aliphatic carbocycles. The summed E-state index contributed by atoms with van der Waals surface area (Å²) in [7, 11) is 0. The smallest absolute Gasteiger partial charge is 0.158 e. The third kappa shape index (κ3) is 3.29. The normalized spacial score (nSPS) is 50.1. The van der Waals surface area contributed by atoms with Crippen molar-refractivity contribution >= 4 is 0 Å². The maximum Gasteiger partial charge on any atom is 0.158 e. The molecule has 0 radical (unpaired) electrons. The van der Waals surface area contributed by atoms with Crippen LogP contribution in [0.1, 0.15) is 19.3 Å². The summed E-state index contributed by atoms with van der Waals surface area (Å²) in [6.07, 6.45) is -1.94. The molecule has 1 aliphatic heterocycles. The average molecular weight is 290 g/mol. The van der Waals surface area contributed by atoms with Gasteiger partial charge in [-0.2, -0.15) is 0 Å². The summed E-state index contributed by atoms with van der Waals surface area (Å²) >= 11 is 0. The van der Waals surface area contributed by atoms with Gasteiger partial charge in [0.1, 0.15) is 12.2 Å². The summed E-state index contributed by atoms with van der Waals surface area (Å²) in [5.74, 6) is 0. The Morgan fingerprint density at radius 1 is 1.00 bits per heavy atom. The Balaban J connectivity index is 1.95. The van der Waals surface area contributed by atoms with Gasteiger partial charge in [0.25, 0.3) is 0 Å². The minimum atomic E-state index is -1.12. The zero-order chi connectivity index (χ0) is 14.9. The first-order valence-corrected chi connectivity index (χ1v) is 7.08. The van der Waals surface area contributed by atoms with Crippen LogP contribution in [0, 0.1) is 0 Å². The topological polar surface area (TPSA) is 163 Å². The maximum absolute atomic E-state index is 10.0. The van der Waals surface area contributed by atoms with Gasteiger partial charge in [-0.3, -0.25) is 0 Å². The monoisotopic (exact) mass is 290 g/mol. The number of rotatable bonds is 3. The van der Waals surface area contributed by atoms with Gasteiger partial charge < -0.3 is 42.6 Å². The molecule has 0 aromatic rings. The highest BCUT2D eigenvalue weighted by Gasteiger charge is 2.43. The van der Waals surface area contributed by atoms with Crippen molar-refractivity contribution < 1.29 is 19.7 Å². The van der Waals surface area contributed by atoms with E-state index in [1.165, 1.54) is 0 Å². The van der Waals surface area contributed by atoms with Crippen LogP contribution in [0.5, 0.6) is 0 Å². The number of ether oxygens (including phenoxy) is 2. The minimum Gasteiger partial charge on any atom is -0.389 e. The van der Waals surface area contributed by atoms with Gasteiger partial charge in [-0.15, -0.1) is 0 Å². The van der Waals surface area contributed by atoms with E-state index in [2.05, 4.69) is 0 Å². The first-order valence-electron chi connectivity index (χ1n) is 7.08. The Morgan fingerprint density at radius 3 is 2.35 bits per heavy atom. The van der Waals surface area contributed by atoms with E-state index in [-0.39, 0.29) is 12.1 Å². The summed E-state index contributed by atoms with van der Waals surface area (Å²) in [4.78, 5) is 0. The van der Waals surface area contributed by atoms with Crippen LogP contribution in [-0.4, -0.2) is 65.6 Å². The molecule has 2 fully saturated rings. The Labute approximate surface area is 118 Å². The molecule has 0 amide bonds. The van der Waals surface area contributed by atoms with Crippen LogP contribution >= 0.6 is 0 Å². The fourth-order valence-electron chi connectivity index (χ4n) is 2.85. The van der Waals surface area contributed by atoms with Crippen LogP contribution in [0.2, 0.25) is 0 Å². The molecule has 8 atom stereocenters. The van der Waals surface area contributed by atoms with Crippen LogP contribution in [0.3, 0.4) is 0 Å². The first-order chi connectivity index (χ1) is 9.43. The number of nitrogens with two attached hydrogens (primary N) is 4. The molecule has 8 heteroatoms. The number of hydrogen-bond donors (Lipinski definition) is 6. The lowest BCUT2D eigenvalue weighted by Gasteiger charge is -2.43. The predicted octanol–water partition coefficient (Wildman–Crippen LogP) is -3.06. The maximum atomic E-state index is 10.0. The van der Waals surface area contributed by atoms with E-state index < -0.39 is 36.7 Å². The molecule has 0 aromatic carbocycles. The van der Waals surface area contributed by atoms with Crippen LogP contribution < -0.4 is 22.9 Å². The van der Waals surface area contributed by atoms with E-state index >= 15 is 0 Å². The molecule has 2 rings (SSSR count). The minimum absolute atomic E-state index is 0.108. The van der Waals surface area contributed by atoms with Crippen molar-refractivity contribution in [3.05, 3.63) is 0 Å². The van der Waals surface area contributed by atoms with E-state index in [0.29, 0.717) is 19.4 Å². The SMILES string of the molecule is NC[C@H]1O[C@H](O[C@H]2[C@H](O)[C@@H](O)[C@H](N)C[C@@H]2N)CC[C@@H]1N. The van der Waals surface area contributed by atoms with Crippen molar-refractivity contribution in [2.75, 3.05) is 6.54 Å². The predicted molar refractivity (Wildman–Crippen MR) is 72.4 cm³/mol. The van der Waals surface area contributed by atoms with Gasteiger partial charge in [0.05, 0.1) is 12.2 Å². The number of hydrogen-bond acceptors (Lipinski definition) is 8. The molecule has 0 spiro atoms. The van der Waals surface area contributed by atoms with Crippen molar-refractivity contribution in [3.63, 3.8) is 0 Å². The molecule has 10 N–H and O–H groups in total. The van der Waals surface area contributed by atoms with Crippen molar-refractivity contribution in [2.45, 2.75) is 68.1 Å².